The van der Waals surface area contributed by atoms with Gasteiger partial charge in [0.2, 0.25) is 10.0 Å². The molecule has 0 aliphatic rings. The third kappa shape index (κ3) is 2.39. The first-order valence-electron chi connectivity index (χ1n) is 4.13. The number of sulfonamides is 1. The van der Waals surface area contributed by atoms with Crippen molar-refractivity contribution < 1.29 is 13.3 Å². The summed E-state index contributed by atoms with van der Waals surface area (Å²) in [6, 6.07) is 3.68. The van der Waals surface area contributed by atoms with Gasteiger partial charge >= 0.3 is 0 Å². The molecule has 0 amide bonds. The maximum Gasteiger partial charge on any atom is 0.284 e. The van der Waals surface area contributed by atoms with E-state index in [0.717, 1.165) is 10.4 Å². The Morgan fingerprint density at radius 1 is 1.38 bits per heavy atom. The van der Waals surface area contributed by atoms with Crippen molar-refractivity contribution in [3.63, 3.8) is 0 Å². The van der Waals surface area contributed by atoms with E-state index < -0.39 is 14.9 Å². The Labute approximate surface area is 101 Å². The summed E-state index contributed by atoms with van der Waals surface area (Å²) in [6.45, 7) is 0. The van der Waals surface area contributed by atoms with Gasteiger partial charge < -0.3 is 0 Å². The van der Waals surface area contributed by atoms with Gasteiger partial charge in [-0.25, -0.2) is 12.7 Å². The van der Waals surface area contributed by atoms with E-state index in [1.54, 1.807) is 0 Å². The van der Waals surface area contributed by atoms with E-state index >= 15 is 0 Å². The van der Waals surface area contributed by atoms with E-state index in [9.17, 15) is 18.5 Å². The molecule has 0 aliphatic heterocycles. The maximum absolute atomic E-state index is 11.7. The first-order valence-corrected chi connectivity index (χ1v) is 6.36. The molecule has 0 aliphatic carbocycles. The van der Waals surface area contributed by atoms with E-state index in [1.807, 2.05) is 0 Å². The zero-order valence-electron chi connectivity index (χ0n) is 8.55. The first kappa shape index (κ1) is 13.1. The minimum absolute atomic E-state index is 0.104. The second-order valence-corrected chi connectivity index (χ2v) is 6.16. The third-order valence-electron chi connectivity index (χ3n) is 1.89. The lowest BCUT2D eigenvalue weighted by Gasteiger charge is -2.11. The molecule has 0 spiro atoms. The molecule has 0 saturated heterocycles. The SMILES string of the molecule is CN(C)S(=O)(=O)c1ccc(Br)c([N+](=O)[O-])c1. The molecule has 0 heterocycles. The summed E-state index contributed by atoms with van der Waals surface area (Å²) in [5, 5.41) is 10.6. The van der Waals surface area contributed by atoms with Crippen LogP contribution in [0.5, 0.6) is 0 Å². The Hall–Kier alpha value is -0.990. The van der Waals surface area contributed by atoms with Crippen LogP contribution in [0.15, 0.2) is 27.6 Å². The fraction of sp³-hybridized carbons (Fsp3) is 0.250. The van der Waals surface area contributed by atoms with Crippen molar-refractivity contribution in [1.82, 2.24) is 4.31 Å². The second-order valence-electron chi connectivity index (χ2n) is 3.16. The van der Waals surface area contributed by atoms with Gasteiger partial charge in [0.15, 0.2) is 0 Å². The molecular weight excluding hydrogens is 300 g/mol. The van der Waals surface area contributed by atoms with Gasteiger partial charge in [-0.15, -0.1) is 0 Å². The average Bonchev–Trinajstić information content (AvgIpc) is 2.17. The van der Waals surface area contributed by atoms with Crippen LogP contribution < -0.4 is 0 Å². The van der Waals surface area contributed by atoms with Crippen molar-refractivity contribution in [2.45, 2.75) is 4.90 Å². The molecule has 1 aromatic rings. The van der Waals surface area contributed by atoms with Gasteiger partial charge in [0.05, 0.1) is 14.3 Å². The monoisotopic (exact) mass is 308 g/mol. The molecular formula is C8H9BrN2O4S. The first-order chi connectivity index (χ1) is 7.26. The van der Waals surface area contributed by atoms with Crippen LogP contribution in [0.25, 0.3) is 0 Å². The van der Waals surface area contributed by atoms with Crippen LogP contribution in [0.3, 0.4) is 0 Å². The van der Waals surface area contributed by atoms with Gasteiger partial charge in [-0.2, -0.15) is 0 Å². The molecule has 1 rings (SSSR count). The number of nitro benzene ring substituents is 1. The second kappa shape index (κ2) is 4.48. The summed E-state index contributed by atoms with van der Waals surface area (Å²) in [5.41, 5.74) is -0.275. The topological polar surface area (TPSA) is 80.5 Å². The average molecular weight is 309 g/mol. The summed E-state index contributed by atoms with van der Waals surface area (Å²) in [6.07, 6.45) is 0. The Kier molecular flexibility index (Phi) is 3.66. The maximum atomic E-state index is 11.7. The van der Waals surface area contributed by atoms with Gasteiger partial charge in [-0.05, 0) is 28.1 Å². The molecule has 0 fully saturated rings. The Morgan fingerprint density at radius 3 is 2.38 bits per heavy atom. The molecule has 1 aromatic carbocycles. The van der Waals surface area contributed by atoms with Crippen molar-refractivity contribution in [2.75, 3.05) is 14.1 Å². The van der Waals surface area contributed by atoms with Gasteiger partial charge in [0, 0.05) is 20.2 Å². The summed E-state index contributed by atoms with van der Waals surface area (Å²) in [5.74, 6) is 0. The van der Waals surface area contributed by atoms with E-state index in [1.165, 1.54) is 26.2 Å². The van der Waals surface area contributed by atoms with Crippen molar-refractivity contribution in [3.05, 3.63) is 32.8 Å². The normalized spacial score (nSPS) is 11.8. The standard InChI is InChI=1S/C8H9BrN2O4S/c1-10(2)16(14,15)6-3-4-7(9)8(5-6)11(12)13/h3-5H,1-2H3. The van der Waals surface area contributed by atoms with Crippen molar-refractivity contribution in [2.24, 2.45) is 0 Å². The number of benzene rings is 1. The molecule has 0 atom stereocenters. The number of hydrogen-bond acceptors (Lipinski definition) is 4. The van der Waals surface area contributed by atoms with Crippen molar-refractivity contribution in [1.29, 1.82) is 0 Å². The highest BCUT2D eigenvalue weighted by atomic mass is 79.9. The lowest BCUT2D eigenvalue weighted by molar-refractivity contribution is -0.385. The third-order valence-corrected chi connectivity index (χ3v) is 4.37. The van der Waals surface area contributed by atoms with Gasteiger partial charge in [0.25, 0.3) is 5.69 Å². The summed E-state index contributed by atoms with van der Waals surface area (Å²) < 4.78 is 24.7. The quantitative estimate of drug-likeness (QED) is 0.627. The smallest absolute Gasteiger partial charge is 0.258 e. The molecule has 0 saturated carbocycles. The Morgan fingerprint density at radius 2 is 1.94 bits per heavy atom. The predicted molar refractivity (Wildman–Crippen MR) is 61.7 cm³/mol. The molecule has 16 heavy (non-hydrogen) atoms. The van der Waals surface area contributed by atoms with Crippen LogP contribution >= 0.6 is 15.9 Å². The highest BCUT2D eigenvalue weighted by Gasteiger charge is 2.21. The fourth-order valence-corrected chi connectivity index (χ4v) is 2.32. The van der Waals surface area contributed by atoms with Crippen LogP contribution in [0, 0.1) is 10.1 Å². The predicted octanol–water partition coefficient (Wildman–Crippen LogP) is 1.61. The van der Waals surface area contributed by atoms with Crippen molar-refractivity contribution in [3.8, 4) is 0 Å². The fourth-order valence-electron chi connectivity index (χ4n) is 1.00. The van der Waals surface area contributed by atoms with Crippen LogP contribution in [0.1, 0.15) is 0 Å². The molecule has 8 heteroatoms. The number of nitro groups is 1. The van der Waals surface area contributed by atoms with Gasteiger partial charge in [-0.3, -0.25) is 10.1 Å². The number of hydrogen-bond donors (Lipinski definition) is 0. The molecule has 0 aromatic heterocycles. The van der Waals surface area contributed by atoms with E-state index in [4.69, 9.17) is 0 Å². The van der Waals surface area contributed by atoms with Gasteiger partial charge in [0.1, 0.15) is 0 Å². The zero-order valence-corrected chi connectivity index (χ0v) is 10.9. The van der Waals surface area contributed by atoms with Crippen LogP contribution in [0.4, 0.5) is 5.69 Å². The highest BCUT2D eigenvalue weighted by molar-refractivity contribution is 9.10. The summed E-state index contributed by atoms with van der Waals surface area (Å²) >= 11 is 2.98. The van der Waals surface area contributed by atoms with E-state index in [-0.39, 0.29) is 15.1 Å². The summed E-state index contributed by atoms with van der Waals surface area (Å²) in [7, 11) is -0.913. The number of halogens is 1. The van der Waals surface area contributed by atoms with Crippen LogP contribution in [-0.4, -0.2) is 31.7 Å². The lowest BCUT2D eigenvalue weighted by Crippen LogP contribution is -2.22. The van der Waals surface area contributed by atoms with Crippen LogP contribution in [0.2, 0.25) is 0 Å². The zero-order chi connectivity index (χ0) is 12.5. The van der Waals surface area contributed by atoms with E-state index in [0.29, 0.717) is 0 Å². The minimum Gasteiger partial charge on any atom is -0.258 e. The molecule has 6 nitrogen and oxygen atoms in total. The lowest BCUT2D eigenvalue weighted by atomic mass is 10.3. The Balaban J connectivity index is 3.40. The minimum atomic E-state index is -3.64. The molecule has 88 valence electrons. The molecule has 0 radical (unpaired) electrons. The largest absolute Gasteiger partial charge is 0.284 e. The molecule has 0 unspecified atom stereocenters. The molecule has 0 N–H and O–H groups in total. The van der Waals surface area contributed by atoms with Crippen molar-refractivity contribution >= 4 is 31.6 Å². The van der Waals surface area contributed by atoms with Gasteiger partial charge in [-0.1, -0.05) is 0 Å². The van der Waals surface area contributed by atoms with E-state index in [2.05, 4.69) is 15.9 Å². The number of rotatable bonds is 3. The molecule has 0 bridgehead atoms. The Bertz CT molecular complexity index is 527. The highest BCUT2D eigenvalue weighted by Crippen LogP contribution is 2.28. The summed E-state index contributed by atoms with van der Waals surface area (Å²) in [4.78, 5) is 9.89. The number of nitrogens with zero attached hydrogens (tertiary/aromatic N) is 2. The van der Waals surface area contributed by atoms with Crippen LogP contribution in [-0.2, 0) is 10.0 Å².